The van der Waals surface area contributed by atoms with Crippen LogP contribution >= 0.6 is 23.2 Å². The Bertz CT molecular complexity index is 513. The van der Waals surface area contributed by atoms with Crippen molar-refractivity contribution in [3.63, 3.8) is 0 Å². The van der Waals surface area contributed by atoms with E-state index in [0.717, 1.165) is 13.1 Å². The van der Waals surface area contributed by atoms with Crippen LogP contribution in [0.3, 0.4) is 0 Å². The molecule has 5 nitrogen and oxygen atoms in total. The second kappa shape index (κ2) is 4.26. The molecule has 1 aromatic rings. The van der Waals surface area contributed by atoms with Crippen molar-refractivity contribution in [3.8, 4) is 0 Å². The Labute approximate surface area is 114 Å². The van der Waals surface area contributed by atoms with Crippen LogP contribution in [0.4, 0.5) is 11.4 Å². The molecule has 96 valence electrons. The summed E-state index contributed by atoms with van der Waals surface area (Å²) in [5.41, 5.74) is 0.427. The lowest BCUT2D eigenvalue weighted by Gasteiger charge is -2.10. The monoisotopic (exact) mass is 287 g/mol. The molecule has 1 saturated heterocycles. The van der Waals surface area contributed by atoms with Crippen molar-refractivity contribution in [2.75, 3.05) is 18.4 Å². The average molecular weight is 288 g/mol. The van der Waals surface area contributed by atoms with E-state index in [4.69, 9.17) is 23.2 Å². The molecule has 0 aromatic heterocycles. The van der Waals surface area contributed by atoms with E-state index in [1.54, 1.807) is 0 Å². The number of benzene rings is 1. The minimum Gasteiger partial charge on any atom is -0.376 e. The summed E-state index contributed by atoms with van der Waals surface area (Å²) in [5, 5.41) is 18.0. The van der Waals surface area contributed by atoms with E-state index in [0.29, 0.717) is 28.6 Å². The number of fused-ring (bicyclic) bond motifs is 1. The van der Waals surface area contributed by atoms with Crippen molar-refractivity contribution in [3.05, 3.63) is 32.3 Å². The van der Waals surface area contributed by atoms with Crippen molar-refractivity contribution >= 4 is 34.6 Å². The number of hydrogen-bond donors (Lipinski definition) is 2. The maximum absolute atomic E-state index is 11.0. The van der Waals surface area contributed by atoms with Gasteiger partial charge in [0.2, 0.25) is 0 Å². The quantitative estimate of drug-likeness (QED) is 0.662. The third kappa shape index (κ3) is 1.92. The standard InChI is InChI=1S/C11H11Cl2N3O2/c12-7-1-9(10(16(17)18)2-8(7)13)15-11-5-3-14-4-6(5)11/h1-2,5-6,11,14-15H,3-4H2. The molecule has 0 amide bonds. The maximum atomic E-state index is 11.0. The molecular formula is C11H11Cl2N3O2. The van der Waals surface area contributed by atoms with Gasteiger partial charge in [-0.1, -0.05) is 23.2 Å². The van der Waals surface area contributed by atoms with Gasteiger partial charge in [-0.05, 0) is 17.9 Å². The van der Waals surface area contributed by atoms with Crippen LogP contribution in [0.25, 0.3) is 0 Å². The van der Waals surface area contributed by atoms with Crippen molar-refractivity contribution in [1.82, 2.24) is 5.32 Å². The van der Waals surface area contributed by atoms with E-state index >= 15 is 0 Å². The topological polar surface area (TPSA) is 67.2 Å². The summed E-state index contributed by atoms with van der Waals surface area (Å²) >= 11 is 11.7. The fourth-order valence-corrected chi connectivity index (χ4v) is 2.94. The number of piperidine rings is 1. The zero-order valence-corrected chi connectivity index (χ0v) is 10.8. The van der Waals surface area contributed by atoms with Crippen LogP contribution in [0.2, 0.25) is 10.0 Å². The molecule has 1 aromatic carbocycles. The van der Waals surface area contributed by atoms with Gasteiger partial charge in [-0.3, -0.25) is 10.1 Å². The molecule has 1 heterocycles. The Morgan fingerprint density at radius 1 is 1.28 bits per heavy atom. The minimum atomic E-state index is -0.444. The normalized spacial score (nSPS) is 28.9. The second-order valence-electron chi connectivity index (χ2n) is 4.70. The number of halogens is 2. The van der Waals surface area contributed by atoms with E-state index < -0.39 is 4.92 Å². The smallest absolute Gasteiger partial charge is 0.293 e. The van der Waals surface area contributed by atoms with Crippen LogP contribution < -0.4 is 10.6 Å². The Kier molecular flexibility index (Phi) is 2.84. The Morgan fingerprint density at radius 2 is 1.89 bits per heavy atom. The number of rotatable bonds is 3. The van der Waals surface area contributed by atoms with Gasteiger partial charge >= 0.3 is 0 Å². The molecule has 2 unspecified atom stereocenters. The lowest BCUT2D eigenvalue weighted by molar-refractivity contribution is -0.384. The number of nitrogens with zero attached hydrogens (tertiary/aromatic N) is 1. The Hall–Kier alpha value is -1.04. The van der Waals surface area contributed by atoms with Crippen LogP contribution in [-0.4, -0.2) is 24.1 Å². The third-order valence-electron chi connectivity index (χ3n) is 3.65. The molecule has 3 rings (SSSR count). The zero-order chi connectivity index (χ0) is 12.9. The largest absolute Gasteiger partial charge is 0.376 e. The van der Waals surface area contributed by atoms with Gasteiger partial charge in [-0.15, -0.1) is 0 Å². The van der Waals surface area contributed by atoms with Gasteiger partial charge in [0.1, 0.15) is 5.69 Å². The summed E-state index contributed by atoms with van der Waals surface area (Å²) in [4.78, 5) is 10.5. The first-order valence-corrected chi connectivity index (χ1v) is 6.44. The summed E-state index contributed by atoms with van der Waals surface area (Å²) in [6.45, 7) is 1.94. The summed E-state index contributed by atoms with van der Waals surface area (Å²) in [6.07, 6.45) is 0. The van der Waals surface area contributed by atoms with E-state index in [1.165, 1.54) is 12.1 Å². The molecule has 2 fully saturated rings. The van der Waals surface area contributed by atoms with Crippen LogP contribution in [-0.2, 0) is 0 Å². The van der Waals surface area contributed by atoms with Gasteiger partial charge in [-0.2, -0.15) is 0 Å². The molecule has 2 atom stereocenters. The fourth-order valence-electron chi connectivity index (χ4n) is 2.61. The number of nitrogens with one attached hydrogen (secondary N) is 2. The van der Waals surface area contributed by atoms with E-state index in [1.807, 2.05) is 0 Å². The predicted molar refractivity (Wildman–Crippen MR) is 70.4 cm³/mol. The number of anilines is 1. The highest BCUT2D eigenvalue weighted by Crippen LogP contribution is 2.45. The van der Waals surface area contributed by atoms with Crippen LogP contribution in [0.15, 0.2) is 12.1 Å². The van der Waals surface area contributed by atoms with Gasteiger partial charge in [-0.25, -0.2) is 0 Å². The van der Waals surface area contributed by atoms with Gasteiger partial charge in [0.15, 0.2) is 0 Å². The lowest BCUT2D eigenvalue weighted by Crippen LogP contribution is -2.21. The highest BCUT2D eigenvalue weighted by molar-refractivity contribution is 6.42. The van der Waals surface area contributed by atoms with Gasteiger partial charge in [0.05, 0.1) is 15.0 Å². The number of hydrogen-bond acceptors (Lipinski definition) is 4. The molecule has 1 aliphatic carbocycles. The average Bonchev–Trinajstić information content (AvgIpc) is 2.74. The van der Waals surface area contributed by atoms with Crippen LogP contribution in [0, 0.1) is 22.0 Å². The Balaban J connectivity index is 1.86. The molecule has 0 spiro atoms. The summed E-state index contributed by atoms with van der Waals surface area (Å²) in [5.74, 6) is 1.14. The number of nitro benzene ring substituents is 1. The van der Waals surface area contributed by atoms with E-state index in [2.05, 4.69) is 10.6 Å². The summed E-state index contributed by atoms with van der Waals surface area (Å²) < 4.78 is 0. The van der Waals surface area contributed by atoms with Crippen molar-refractivity contribution in [2.24, 2.45) is 11.8 Å². The van der Waals surface area contributed by atoms with Crippen LogP contribution in [0.5, 0.6) is 0 Å². The molecule has 7 heteroatoms. The Morgan fingerprint density at radius 3 is 2.50 bits per heavy atom. The molecule has 0 radical (unpaired) electrons. The SMILES string of the molecule is O=[N+]([O-])c1cc(Cl)c(Cl)cc1NC1C2CNCC21. The van der Waals surface area contributed by atoms with Gasteiger partial charge in [0, 0.05) is 25.2 Å². The highest BCUT2D eigenvalue weighted by atomic mass is 35.5. The summed E-state index contributed by atoms with van der Waals surface area (Å²) in [6, 6.07) is 3.13. The van der Waals surface area contributed by atoms with E-state index in [-0.39, 0.29) is 10.7 Å². The molecule has 2 aliphatic rings. The van der Waals surface area contributed by atoms with Crippen molar-refractivity contribution < 1.29 is 4.92 Å². The highest BCUT2D eigenvalue weighted by Gasteiger charge is 2.53. The first-order valence-electron chi connectivity index (χ1n) is 5.68. The van der Waals surface area contributed by atoms with Gasteiger partial charge < -0.3 is 10.6 Å². The lowest BCUT2D eigenvalue weighted by atomic mass is 10.2. The summed E-state index contributed by atoms with van der Waals surface area (Å²) in [7, 11) is 0. The van der Waals surface area contributed by atoms with Crippen molar-refractivity contribution in [2.45, 2.75) is 6.04 Å². The van der Waals surface area contributed by atoms with E-state index in [9.17, 15) is 10.1 Å². The van der Waals surface area contributed by atoms with Crippen LogP contribution in [0.1, 0.15) is 0 Å². The predicted octanol–water partition coefficient (Wildman–Crippen LogP) is 2.53. The molecule has 1 aliphatic heterocycles. The molecule has 1 saturated carbocycles. The number of nitro groups is 1. The second-order valence-corrected chi connectivity index (χ2v) is 5.51. The molecule has 18 heavy (non-hydrogen) atoms. The van der Waals surface area contributed by atoms with Crippen molar-refractivity contribution in [1.29, 1.82) is 0 Å². The molecule has 0 bridgehead atoms. The maximum Gasteiger partial charge on any atom is 0.293 e. The zero-order valence-electron chi connectivity index (χ0n) is 9.32. The van der Waals surface area contributed by atoms with Gasteiger partial charge in [0.25, 0.3) is 5.69 Å². The first-order chi connectivity index (χ1) is 8.58. The first kappa shape index (κ1) is 12.0. The third-order valence-corrected chi connectivity index (χ3v) is 4.37. The molecule has 2 N–H and O–H groups in total. The molecular weight excluding hydrogens is 277 g/mol. The fraction of sp³-hybridized carbons (Fsp3) is 0.455. The minimum absolute atomic E-state index is 0.0256.